The van der Waals surface area contributed by atoms with Gasteiger partial charge in [0.15, 0.2) is 0 Å². The zero-order chi connectivity index (χ0) is 20.2. The van der Waals surface area contributed by atoms with E-state index in [0.29, 0.717) is 31.2 Å². The van der Waals surface area contributed by atoms with E-state index >= 15 is 0 Å². The predicted octanol–water partition coefficient (Wildman–Crippen LogP) is 3.12. The maximum Gasteiger partial charge on any atom is 0.348 e. The van der Waals surface area contributed by atoms with Gasteiger partial charge in [-0.05, 0) is 23.3 Å². The van der Waals surface area contributed by atoms with Gasteiger partial charge in [-0.25, -0.2) is 4.79 Å². The molecule has 2 aliphatic rings. The van der Waals surface area contributed by atoms with E-state index in [1.807, 2.05) is 48.5 Å². The zero-order valence-electron chi connectivity index (χ0n) is 15.5. The smallest absolute Gasteiger partial charge is 0.348 e. The number of amides is 3. The predicted molar refractivity (Wildman–Crippen MR) is 109 cm³/mol. The third-order valence-corrected chi connectivity index (χ3v) is 4.81. The number of benzene rings is 2. The Balaban J connectivity index is 1.37. The van der Waals surface area contributed by atoms with Crippen molar-refractivity contribution in [3.05, 3.63) is 82.7 Å². The molecule has 2 aromatic carbocycles. The number of hydrogen-bond acceptors (Lipinski definition) is 4. The molecule has 0 aliphatic carbocycles. The molecule has 0 saturated carbocycles. The quantitative estimate of drug-likeness (QED) is 0.821. The van der Waals surface area contributed by atoms with Crippen molar-refractivity contribution < 1.29 is 14.3 Å². The second-order valence-corrected chi connectivity index (χ2v) is 7.12. The van der Waals surface area contributed by atoms with Crippen molar-refractivity contribution in [1.29, 1.82) is 0 Å². The van der Waals surface area contributed by atoms with Gasteiger partial charge in [-0.1, -0.05) is 54.1 Å². The molecule has 29 heavy (non-hydrogen) atoms. The average Bonchev–Trinajstić information content (AvgIpc) is 3.06. The van der Waals surface area contributed by atoms with Crippen molar-refractivity contribution in [2.24, 2.45) is 4.99 Å². The van der Waals surface area contributed by atoms with E-state index in [1.54, 1.807) is 22.1 Å². The topological polar surface area (TPSA) is 74.2 Å². The van der Waals surface area contributed by atoms with Crippen molar-refractivity contribution in [2.45, 2.75) is 13.1 Å². The summed E-state index contributed by atoms with van der Waals surface area (Å²) in [6.07, 6.45) is 1.58. The number of fused-ring (bicyclic) bond motifs is 1. The molecule has 0 unspecified atom stereocenters. The van der Waals surface area contributed by atoms with Gasteiger partial charge >= 0.3 is 12.1 Å². The molecule has 0 spiro atoms. The molecular weight excluding hydrogens is 392 g/mol. The highest BCUT2D eigenvalue weighted by Gasteiger charge is 2.31. The molecule has 4 rings (SSSR count). The molecule has 2 aromatic rings. The Hall–Kier alpha value is -3.32. The molecule has 8 heteroatoms. The van der Waals surface area contributed by atoms with Crippen LogP contribution in [0.15, 0.2) is 71.5 Å². The largest absolute Gasteiger partial charge is 0.418 e. The highest BCUT2D eigenvalue weighted by Crippen LogP contribution is 2.19. The first-order chi connectivity index (χ1) is 14.1. The summed E-state index contributed by atoms with van der Waals surface area (Å²) in [6.45, 7) is 1.70. The van der Waals surface area contributed by atoms with E-state index in [0.717, 1.165) is 11.1 Å². The molecule has 0 saturated heterocycles. The molecule has 0 fully saturated rings. The highest BCUT2D eigenvalue weighted by atomic mass is 35.5. The van der Waals surface area contributed by atoms with Crippen molar-refractivity contribution in [3.63, 3.8) is 0 Å². The van der Waals surface area contributed by atoms with Crippen LogP contribution < -0.4 is 5.32 Å². The van der Waals surface area contributed by atoms with Crippen LogP contribution in [0.4, 0.5) is 4.79 Å². The van der Waals surface area contributed by atoms with Crippen molar-refractivity contribution in [2.75, 3.05) is 13.1 Å². The summed E-state index contributed by atoms with van der Waals surface area (Å²) < 4.78 is 5.54. The maximum absolute atomic E-state index is 12.5. The van der Waals surface area contributed by atoms with Gasteiger partial charge in [0.2, 0.25) is 5.76 Å². The SMILES string of the molecule is O=C(NCc1ccccc1)C1=CN2CCN(Cc3cccc(Cl)c3)C(=O)N=C2O1. The lowest BCUT2D eigenvalue weighted by Crippen LogP contribution is -2.31. The zero-order valence-corrected chi connectivity index (χ0v) is 16.3. The van der Waals surface area contributed by atoms with Crippen molar-refractivity contribution in [1.82, 2.24) is 15.1 Å². The van der Waals surface area contributed by atoms with Gasteiger partial charge in [-0.3, -0.25) is 9.69 Å². The molecule has 1 N–H and O–H groups in total. The number of nitrogens with one attached hydrogen (secondary N) is 1. The number of rotatable bonds is 5. The summed E-state index contributed by atoms with van der Waals surface area (Å²) in [4.78, 5) is 32.2. The van der Waals surface area contributed by atoms with Gasteiger partial charge in [-0.2, -0.15) is 0 Å². The Morgan fingerprint density at radius 1 is 1.10 bits per heavy atom. The number of aliphatic imine (C=N–C) groups is 1. The lowest BCUT2D eigenvalue weighted by Gasteiger charge is -2.19. The molecule has 2 heterocycles. The average molecular weight is 411 g/mol. The van der Waals surface area contributed by atoms with E-state index < -0.39 is 6.03 Å². The minimum Gasteiger partial charge on any atom is -0.418 e. The van der Waals surface area contributed by atoms with Crippen LogP contribution >= 0.6 is 11.6 Å². The minimum absolute atomic E-state index is 0.119. The van der Waals surface area contributed by atoms with E-state index in [2.05, 4.69) is 10.3 Å². The van der Waals surface area contributed by atoms with Crippen LogP contribution in [0.5, 0.6) is 0 Å². The van der Waals surface area contributed by atoms with E-state index in [-0.39, 0.29) is 17.7 Å². The van der Waals surface area contributed by atoms with Crippen LogP contribution in [0.2, 0.25) is 5.02 Å². The lowest BCUT2D eigenvalue weighted by atomic mass is 10.2. The Kier molecular flexibility index (Phi) is 5.48. The molecule has 0 bridgehead atoms. The van der Waals surface area contributed by atoms with Gasteiger partial charge in [0.25, 0.3) is 5.91 Å². The second kappa shape index (κ2) is 8.36. The summed E-state index contributed by atoms with van der Waals surface area (Å²) >= 11 is 6.01. The van der Waals surface area contributed by atoms with Gasteiger partial charge in [0.1, 0.15) is 0 Å². The van der Waals surface area contributed by atoms with Crippen LogP contribution in [-0.2, 0) is 22.6 Å². The molecule has 7 nitrogen and oxygen atoms in total. The third-order valence-electron chi connectivity index (χ3n) is 4.57. The first kappa shape index (κ1) is 19.0. The molecular formula is C21H19ClN4O3. The second-order valence-electron chi connectivity index (χ2n) is 6.69. The molecule has 0 radical (unpaired) electrons. The number of hydrogen-bond donors (Lipinski definition) is 1. The molecule has 0 aromatic heterocycles. The number of ether oxygens (including phenoxy) is 1. The van der Waals surface area contributed by atoms with Crippen molar-refractivity contribution in [3.8, 4) is 0 Å². The fraction of sp³-hybridized carbons (Fsp3) is 0.190. The maximum atomic E-state index is 12.5. The standard InChI is InChI=1S/C21H19ClN4O3/c22-17-8-4-7-16(11-17)13-25-9-10-26-14-18(29-21(26)24-20(25)28)19(27)23-12-15-5-2-1-3-6-15/h1-8,11,14H,9-10,12-13H2,(H,23,27). The van der Waals surface area contributed by atoms with E-state index in [9.17, 15) is 9.59 Å². The number of amidine groups is 1. The summed E-state index contributed by atoms with van der Waals surface area (Å²) in [5, 5.41) is 3.42. The minimum atomic E-state index is -0.415. The molecule has 0 atom stereocenters. The fourth-order valence-electron chi connectivity index (χ4n) is 3.08. The van der Waals surface area contributed by atoms with Crippen LogP contribution in [0.25, 0.3) is 0 Å². The van der Waals surface area contributed by atoms with Crippen LogP contribution in [0.3, 0.4) is 0 Å². The van der Waals surface area contributed by atoms with E-state index in [1.165, 1.54) is 0 Å². The van der Waals surface area contributed by atoms with Gasteiger partial charge in [0.05, 0.1) is 6.20 Å². The third kappa shape index (κ3) is 4.57. The summed E-state index contributed by atoms with van der Waals surface area (Å²) in [5.74, 6) is -0.233. The number of nitrogens with zero attached hydrogens (tertiary/aromatic N) is 3. The summed E-state index contributed by atoms with van der Waals surface area (Å²) in [7, 11) is 0. The van der Waals surface area contributed by atoms with Crippen LogP contribution in [0, 0.1) is 0 Å². The van der Waals surface area contributed by atoms with Crippen LogP contribution in [0.1, 0.15) is 11.1 Å². The van der Waals surface area contributed by atoms with E-state index in [4.69, 9.17) is 16.3 Å². The fourth-order valence-corrected chi connectivity index (χ4v) is 3.29. The first-order valence-electron chi connectivity index (χ1n) is 9.19. The van der Waals surface area contributed by atoms with Gasteiger partial charge in [-0.15, -0.1) is 4.99 Å². The van der Waals surface area contributed by atoms with Crippen LogP contribution in [-0.4, -0.2) is 40.8 Å². The van der Waals surface area contributed by atoms with Crippen molar-refractivity contribution >= 4 is 29.6 Å². The Morgan fingerprint density at radius 3 is 2.69 bits per heavy atom. The number of carbonyl (C=O) groups excluding carboxylic acids is 2. The van der Waals surface area contributed by atoms with Gasteiger partial charge in [0, 0.05) is 31.2 Å². The first-order valence-corrected chi connectivity index (χ1v) is 9.57. The number of halogens is 1. The Bertz CT molecular complexity index is 990. The Labute approximate surface area is 173 Å². The summed E-state index contributed by atoms with van der Waals surface area (Å²) in [5.41, 5.74) is 1.91. The monoisotopic (exact) mass is 410 g/mol. The Morgan fingerprint density at radius 2 is 1.90 bits per heavy atom. The highest BCUT2D eigenvalue weighted by molar-refractivity contribution is 6.30. The number of carbonyl (C=O) groups is 2. The van der Waals surface area contributed by atoms with Gasteiger partial charge < -0.3 is 15.0 Å². The molecule has 3 amide bonds. The summed E-state index contributed by atoms with van der Waals surface area (Å²) in [6, 6.07) is 16.6. The molecule has 2 aliphatic heterocycles. The molecule has 148 valence electrons. The lowest BCUT2D eigenvalue weighted by molar-refractivity contribution is -0.119. The normalized spacial score (nSPS) is 15.8. The number of urea groups is 1.